The van der Waals surface area contributed by atoms with Crippen molar-refractivity contribution < 1.29 is 14.3 Å². The Balaban J connectivity index is 1.83. The third-order valence-corrected chi connectivity index (χ3v) is 6.08. The quantitative estimate of drug-likeness (QED) is 0.220. The lowest BCUT2D eigenvalue weighted by molar-refractivity contribution is -0.112. The van der Waals surface area contributed by atoms with Crippen molar-refractivity contribution in [3.8, 4) is 17.6 Å². The van der Waals surface area contributed by atoms with E-state index in [2.05, 4.69) is 37.2 Å². The van der Waals surface area contributed by atoms with Crippen molar-refractivity contribution in [3.63, 3.8) is 0 Å². The van der Waals surface area contributed by atoms with Gasteiger partial charge in [0, 0.05) is 9.50 Å². The second-order valence-electron chi connectivity index (χ2n) is 6.70. The molecule has 0 radical (unpaired) electrons. The number of halogens is 4. The van der Waals surface area contributed by atoms with Gasteiger partial charge in [-0.2, -0.15) is 5.26 Å². The van der Waals surface area contributed by atoms with Gasteiger partial charge in [0.2, 0.25) is 0 Å². The molecule has 0 atom stereocenters. The molecule has 0 saturated heterocycles. The van der Waals surface area contributed by atoms with Crippen LogP contribution >= 0.6 is 55.1 Å². The van der Waals surface area contributed by atoms with Crippen molar-refractivity contribution in [3.05, 3.63) is 90.3 Å². The van der Waals surface area contributed by atoms with Gasteiger partial charge in [-0.15, -0.1) is 0 Å². The number of anilines is 1. The number of nitrogens with zero attached hydrogens (tertiary/aromatic N) is 1. The molecule has 0 aliphatic rings. The van der Waals surface area contributed by atoms with Crippen LogP contribution in [0.4, 0.5) is 5.69 Å². The van der Waals surface area contributed by atoms with E-state index in [-0.39, 0.29) is 5.57 Å². The zero-order valence-corrected chi connectivity index (χ0v) is 21.8. The number of nitrogens with one attached hydrogen (secondary N) is 1. The smallest absolute Gasteiger partial charge is 0.266 e. The molecule has 5 nitrogen and oxygen atoms in total. The predicted molar refractivity (Wildman–Crippen MR) is 138 cm³/mol. The fourth-order valence-corrected chi connectivity index (χ4v) is 3.97. The minimum Gasteiger partial charge on any atom is -0.493 e. The molecule has 0 aliphatic heterocycles. The summed E-state index contributed by atoms with van der Waals surface area (Å²) in [4.78, 5) is 12.6. The van der Waals surface area contributed by atoms with Crippen molar-refractivity contribution in [2.24, 2.45) is 0 Å². The number of benzene rings is 3. The van der Waals surface area contributed by atoms with E-state index in [9.17, 15) is 10.1 Å². The van der Waals surface area contributed by atoms with E-state index in [0.717, 1.165) is 10.0 Å². The molecule has 0 spiro atoms. The van der Waals surface area contributed by atoms with Crippen LogP contribution in [-0.4, -0.2) is 13.0 Å². The third-order valence-electron chi connectivity index (χ3n) is 4.40. The van der Waals surface area contributed by atoms with Crippen LogP contribution in [0.3, 0.4) is 0 Å². The van der Waals surface area contributed by atoms with Crippen LogP contribution in [0.15, 0.2) is 69.1 Å². The zero-order valence-electron chi connectivity index (χ0n) is 17.2. The summed E-state index contributed by atoms with van der Waals surface area (Å²) in [6, 6.07) is 17.8. The van der Waals surface area contributed by atoms with Crippen LogP contribution in [-0.2, 0) is 11.4 Å². The molecular weight excluding hydrogens is 595 g/mol. The first-order valence-electron chi connectivity index (χ1n) is 9.43. The molecule has 1 N–H and O–H groups in total. The Hall–Kier alpha value is -2.50. The maximum Gasteiger partial charge on any atom is 0.266 e. The molecule has 3 rings (SSSR count). The highest BCUT2D eigenvalue weighted by molar-refractivity contribution is 9.10. The van der Waals surface area contributed by atoms with Crippen LogP contribution in [0.5, 0.6) is 11.5 Å². The molecule has 3 aromatic rings. The summed E-state index contributed by atoms with van der Waals surface area (Å²) in [7, 11) is 1.51. The number of amides is 1. The summed E-state index contributed by atoms with van der Waals surface area (Å²) < 4.78 is 13.0. The number of methoxy groups -OCH3 is 1. The van der Waals surface area contributed by atoms with Crippen molar-refractivity contribution in [2.75, 3.05) is 12.4 Å². The molecule has 33 heavy (non-hydrogen) atoms. The summed E-state index contributed by atoms with van der Waals surface area (Å²) in [6.45, 7) is 0.337. The summed E-state index contributed by atoms with van der Waals surface area (Å²) in [5.41, 5.74) is 1.74. The molecule has 0 heterocycles. The summed E-state index contributed by atoms with van der Waals surface area (Å²) in [6.07, 6.45) is 1.44. The predicted octanol–water partition coefficient (Wildman–Crippen LogP) is 7.65. The van der Waals surface area contributed by atoms with Gasteiger partial charge >= 0.3 is 0 Å². The molecule has 0 unspecified atom stereocenters. The van der Waals surface area contributed by atoms with Gasteiger partial charge in [0.1, 0.15) is 18.2 Å². The fourth-order valence-electron chi connectivity index (χ4n) is 2.80. The topological polar surface area (TPSA) is 71.3 Å². The van der Waals surface area contributed by atoms with E-state index >= 15 is 0 Å². The lowest BCUT2D eigenvalue weighted by Crippen LogP contribution is -2.13. The Morgan fingerprint density at radius 1 is 1.12 bits per heavy atom. The number of nitriles is 1. The average molecular weight is 611 g/mol. The molecule has 0 aromatic heterocycles. The number of carbonyl (C=O) groups excluding carboxylic acids is 1. The van der Waals surface area contributed by atoms with E-state index < -0.39 is 5.91 Å². The van der Waals surface area contributed by atoms with Crippen LogP contribution in [0.1, 0.15) is 11.1 Å². The average Bonchev–Trinajstić information content (AvgIpc) is 2.79. The van der Waals surface area contributed by atoms with E-state index in [1.165, 1.54) is 19.3 Å². The molecule has 0 saturated carbocycles. The van der Waals surface area contributed by atoms with Crippen LogP contribution in [0.2, 0.25) is 10.0 Å². The Labute approximate surface area is 218 Å². The fraction of sp³-hybridized carbons (Fsp3) is 0.0833. The van der Waals surface area contributed by atoms with Crippen LogP contribution < -0.4 is 14.8 Å². The third kappa shape index (κ3) is 6.75. The van der Waals surface area contributed by atoms with Crippen molar-refractivity contribution in [2.45, 2.75) is 6.61 Å². The highest BCUT2D eigenvalue weighted by atomic mass is 79.9. The molecule has 0 aliphatic carbocycles. The van der Waals surface area contributed by atoms with Gasteiger partial charge in [-0.3, -0.25) is 4.79 Å². The van der Waals surface area contributed by atoms with Crippen molar-refractivity contribution in [1.29, 1.82) is 5.26 Å². The van der Waals surface area contributed by atoms with E-state index in [4.69, 9.17) is 32.7 Å². The molecule has 0 fully saturated rings. The summed E-state index contributed by atoms with van der Waals surface area (Å²) in [5, 5.41) is 12.8. The van der Waals surface area contributed by atoms with Gasteiger partial charge in [0.05, 0.1) is 22.3 Å². The van der Waals surface area contributed by atoms with Gasteiger partial charge in [0.25, 0.3) is 5.91 Å². The van der Waals surface area contributed by atoms with E-state index in [1.807, 2.05) is 30.3 Å². The number of hydrogen-bond acceptors (Lipinski definition) is 4. The largest absolute Gasteiger partial charge is 0.493 e. The first kappa shape index (κ1) is 25.1. The van der Waals surface area contributed by atoms with Gasteiger partial charge in [0.15, 0.2) is 11.5 Å². The van der Waals surface area contributed by atoms with E-state index in [1.54, 1.807) is 24.3 Å². The Bertz CT molecular complexity index is 1260. The first-order valence-corrected chi connectivity index (χ1v) is 11.8. The van der Waals surface area contributed by atoms with Crippen molar-refractivity contribution in [1.82, 2.24) is 0 Å². The van der Waals surface area contributed by atoms with E-state index in [0.29, 0.717) is 43.9 Å². The van der Waals surface area contributed by atoms with Crippen molar-refractivity contribution >= 4 is 72.7 Å². The summed E-state index contributed by atoms with van der Waals surface area (Å²) >= 11 is 18.9. The van der Waals surface area contributed by atoms with Crippen LogP contribution in [0, 0.1) is 11.3 Å². The van der Waals surface area contributed by atoms with Gasteiger partial charge in [-0.1, -0.05) is 51.3 Å². The number of carbonyl (C=O) groups is 1. The van der Waals surface area contributed by atoms with Gasteiger partial charge < -0.3 is 14.8 Å². The zero-order chi connectivity index (χ0) is 24.0. The monoisotopic (exact) mass is 608 g/mol. The lowest BCUT2D eigenvalue weighted by atomic mass is 10.1. The Morgan fingerprint density at radius 3 is 2.52 bits per heavy atom. The van der Waals surface area contributed by atoms with Crippen LogP contribution in [0.25, 0.3) is 6.08 Å². The molecule has 3 aromatic carbocycles. The normalized spacial score (nSPS) is 11.0. The molecule has 168 valence electrons. The highest BCUT2D eigenvalue weighted by Gasteiger charge is 2.15. The molecule has 0 bridgehead atoms. The lowest BCUT2D eigenvalue weighted by Gasteiger charge is -2.14. The second-order valence-corrected chi connectivity index (χ2v) is 9.31. The Kier molecular flexibility index (Phi) is 8.81. The number of ether oxygens (including phenoxy) is 2. The maximum atomic E-state index is 12.6. The SMILES string of the molecule is COc1cc(/C=C(\C#N)C(=O)Nc2cc(Cl)ccc2Cl)cc(Br)c1OCc1ccc(Br)cc1. The molecule has 1 amide bonds. The first-order chi connectivity index (χ1) is 15.8. The minimum atomic E-state index is -0.618. The number of hydrogen-bond donors (Lipinski definition) is 1. The minimum absolute atomic E-state index is 0.122. The Morgan fingerprint density at radius 2 is 1.85 bits per heavy atom. The second kappa shape index (κ2) is 11.6. The summed E-state index contributed by atoms with van der Waals surface area (Å²) in [5.74, 6) is 0.335. The standard InChI is InChI=1S/C24H16Br2Cl2N2O3/c1-32-22-10-15(9-19(26)23(22)33-13-14-2-4-17(25)5-3-14)8-16(12-29)24(31)30-21-11-18(27)6-7-20(21)28/h2-11H,13H2,1H3,(H,30,31)/b16-8+. The highest BCUT2D eigenvalue weighted by Crippen LogP contribution is 2.38. The molecular formula is C24H16Br2Cl2N2O3. The number of rotatable bonds is 7. The molecule has 9 heteroatoms. The van der Waals surface area contributed by atoms with Gasteiger partial charge in [-0.05, 0) is 75.6 Å². The van der Waals surface area contributed by atoms with Gasteiger partial charge in [-0.25, -0.2) is 0 Å². The maximum absolute atomic E-state index is 12.6.